The van der Waals surface area contributed by atoms with Crippen molar-refractivity contribution in [1.29, 1.82) is 0 Å². The van der Waals surface area contributed by atoms with Crippen molar-refractivity contribution in [3.05, 3.63) is 65.9 Å². The number of nitrogens with one attached hydrogen (secondary N) is 1. The maximum Gasteiger partial charge on any atom is 0.255 e. The van der Waals surface area contributed by atoms with Gasteiger partial charge in [-0.2, -0.15) is 4.31 Å². The first-order valence-corrected chi connectivity index (χ1v) is 10.7. The summed E-state index contributed by atoms with van der Waals surface area (Å²) in [5.41, 5.74) is 2.27. The molecule has 0 atom stereocenters. The fourth-order valence-corrected chi connectivity index (χ4v) is 5.01. The zero-order valence-corrected chi connectivity index (χ0v) is 16.8. The first-order chi connectivity index (χ1) is 14.0. The number of carbonyl (C=O) groups is 1. The number of rotatable bonds is 4. The molecule has 4 rings (SSSR count). The van der Waals surface area contributed by atoms with Crippen LogP contribution in [0.15, 0.2) is 59.6 Å². The number of anilines is 1. The number of hydrogen-bond donors (Lipinski definition) is 1. The van der Waals surface area contributed by atoms with Gasteiger partial charge < -0.3 is 10.1 Å². The van der Waals surface area contributed by atoms with Gasteiger partial charge in [0.05, 0.1) is 29.3 Å². The summed E-state index contributed by atoms with van der Waals surface area (Å²) in [6, 6.07) is 13.9. The van der Waals surface area contributed by atoms with Crippen LogP contribution in [0.25, 0.3) is 10.9 Å². The van der Waals surface area contributed by atoms with Gasteiger partial charge in [-0.15, -0.1) is 0 Å². The Morgan fingerprint density at radius 2 is 1.90 bits per heavy atom. The van der Waals surface area contributed by atoms with Gasteiger partial charge in [-0.25, -0.2) is 8.42 Å². The van der Waals surface area contributed by atoms with E-state index in [-0.39, 0.29) is 16.4 Å². The molecule has 0 unspecified atom stereocenters. The molecular formula is C21H21N3O4S. The van der Waals surface area contributed by atoms with Crippen LogP contribution in [0.2, 0.25) is 0 Å². The van der Waals surface area contributed by atoms with Crippen molar-refractivity contribution >= 4 is 32.5 Å². The number of amides is 1. The molecule has 7 nitrogen and oxygen atoms in total. The molecule has 0 aliphatic carbocycles. The fraction of sp³-hybridized carbons (Fsp3) is 0.238. The Bertz CT molecular complexity index is 1170. The van der Waals surface area contributed by atoms with Gasteiger partial charge in [-0.05, 0) is 48.9 Å². The number of pyridine rings is 1. The number of fused-ring (bicyclic) bond motifs is 1. The quantitative estimate of drug-likeness (QED) is 0.713. The van der Waals surface area contributed by atoms with Gasteiger partial charge in [-0.3, -0.25) is 9.78 Å². The van der Waals surface area contributed by atoms with Crippen molar-refractivity contribution in [2.45, 2.75) is 11.8 Å². The summed E-state index contributed by atoms with van der Waals surface area (Å²) in [7, 11) is -3.69. The van der Waals surface area contributed by atoms with Gasteiger partial charge in [-0.1, -0.05) is 12.1 Å². The van der Waals surface area contributed by atoms with Gasteiger partial charge in [0.2, 0.25) is 10.0 Å². The molecule has 0 saturated carbocycles. The molecule has 0 bridgehead atoms. The number of benzene rings is 2. The van der Waals surface area contributed by atoms with Gasteiger partial charge in [0.15, 0.2) is 0 Å². The van der Waals surface area contributed by atoms with E-state index in [0.29, 0.717) is 37.6 Å². The van der Waals surface area contributed by atoms with Crippen molar-refractivity contribution < 1.29 is 17.9 Å². The second-order valence-corrected chi connectivity index (χ2v) is 8.73. The molecular weight excluding hydrogens is 390 g/mol. The summed E-state index contributed by atoms with van der Waals surface area (Å²) in [6.07, 6.45) is 1.69. The minimum Gasteiger partial charge on any atom is -0.379 e. The molecule has 2 heterocycles. The van der Waals surface area contributed by atoms with Crippen molar-refractivity contribution in [3.63, 3.8) is 0 Å². The minimum absolute atomic E-state index is 0.145. The Kier molecular flexibility index (Phi) is 5.31. The van der Waals surface area contributed by atoms with E-state index in [2.05, 4.69) is 10.3 Å². The van der Waals surface area contributed by atoms with E-state index in [1.54, 1.807) is 37.4 Å². The smallest absolute Gasteiger partial charge is 0.255 e. The molecule has 1 N–H and O–H groups in total. The lowest BCUT2D eigenvalue weighted by Crippen LogP contribution is -2.40. The Labute approximate surface area is 169 Å². The lowest BCUT2D eigenvalue weighted by Gasteiger charge is -2.26. The predicted octanol–water partition coefficient (Wildman–Crippen LogP) is 2.82. The van der Waals surface area contributed by atoms with Crippen LogP contribution in [0.4, 0.5) is 5.69 Å². The largest absolute Gasteiger partial charge is 0.379 e. The van der Waals surface area contributed by atoms with E-state index in [4.69, 9.17) is 4.74 Å². The highest BCUT2D eigenvalue weighted by Gasteiger charge is 2.28. The number of nitrogens with zero attached hydrogens (tertiary/aromatic N) is 2. The van der Waals surface area contributed by atoms with Crippen LogP contribution in [-0.2, 0) is 14.8 Å². The maximum atomic E-state index is 13.0. The number of sulfonamides is 1. The van der Waals surface area contributed by atoms with Crippen LogP contribution < -0.4 is 5.32 Å². The van der Waals surface area contributed by atoms with Gasteiger partial charge in [0, 0.05) is 30.2 Å². The molecule has 150 valence electrons. The Balaban J connectivity index is 1.65. The SMILES string of the molecule is Cc1ccc(C(=O)Nc2cccc3ncccc23)cc1S(=O)(=O)N1CCOCC1. The molecule has 8 heteroatoms. The third-order valence-electron chi connectivity index (χ3n) is 4.93. The van der Waals surface area contributed by atoms with Crippen LogP contribution in [0.3, 0.4) is 0 Å². The van der Waals surface area contributed by atoms with Crippen molar-refractivity contribution in [3.8, 4) is 0 Å². The first-order valence-electron chi connectivity index (χ1n) is 9.30. The summed E-state index contributed by atoms with van der Waals surface area (Å²) < 4.78 is 32.7. The second-order valence-electron chi connectivity index (χ2n) is 6.83. The third kappa shape index (κ3) is 3.87. The average molecular weight is 411 g/mol. The molecule has 0 spiro atoms. The summed E-state index contributed by atoms with van der Waals surface area (Å²) in [4.78, 5) is 17.3. The zero-order valence-electron chi connectivity index (χ0n) is 16.0. The lowest BCUT2D eigenvalue weighted by molar-refractivity contribution is 0.0730. The van der Waals surface area contributed by atoms with E-state index in [1.165, 1.54) is 10.4 Å². The number of ether oxygens (including phenoxy) is 1. The fourth-order valence-electron chi connectivity index (χ4n) is 3.35. The van der Waals surface area contributed by atoms with Crippen LogP contribution in [-0.4, -0.2) is 49.9 Å². The number of morpholine rings is 1. The van der Waals surface area contributed by atoms with E-state index in [1.807, 2.05) is 18.2 Å². The number of hydrogen-bond acceptors (Lipinski definition) is 5. The summed E-state index contributed by atoms with van der Waals surface area (Å²) >= 11 is 0. The summed E-state index contributed by atoms with van der Waals surface area (Å²) in [6.45, 7) is 3.08. The molecule has 3 aromatic rings. The summed E-state index contributed by atoms with van der Waals surface area (Å²) in [5.74, 6) is -0.375. The zero-order chi connectivity index (χ0) is 20.4. The van der Waals surface area contributed by atoms with E-state index >= 15 is 0 Å². The number of carbonyl (C=O) groups excluding carboxylic acids is 1. The summed E-state index contributed by atoms with van der Waals surface area (Å²) in [5, 5.41) is 3.69. The molecule has 1 aliphatic rings. The molecule has 29 heavy (non-hydrogen) atoms. The van der Waals surface area contributed by atoms with Crippen molar-refractivity contribution in [2.75, 3.05) is 31.6 Å². The highest BCUT2D eigenvalue weighted by atomic mass is 32.2. The van der Waals surface area contributed by atoms with Crippen molar-refractivity contribution in [2.24, 2.45) is 0 Å². The molecule has 1 aromatic heterocycles. The Hall–Kier alpha value is -2.81. The topological polar surface area (TPSA) is 88.6 Å². The van der Waals surface area contributed by atoms with Gasteiger partial charge in [0.1, 0.15) is 0 Å². The van der Waals surface area contributed by atoms with E-state index < -0.39 is 10.0 Å². The molecule has 2 aromatic carbocycles. The van der Waals surface area contributed by atoms with E-state index in [9.17, 15) is 13.2 Å². The third-order valence-corrected chi connectivity index (χ3v) is 6.97. The molecule has 1 saturated heterocycles. The highest BCUT2D eigenvalue weighted by Crippen LogP contribution is 2.25. The molecule has 0 radical (unpaired) electrons. The van der Waals surface area contributed by atoms with Crippen LogP contribution in [0.1, 0.15) is 15.9 Å². The van der Waals surface area contributed by atoms with Crippen LogP contribution in [0.5, 0.6) is 0 Å². The first kappa shape index (κ1) is 19.5. The van der Waals surface area contributed by atoms with Crippen LogP contribution in [0, 0.1) is 6.92 Å². The van der Waals surface area contributed by atoms with Crippen molar-refractivity contribution in [1.82, 2.24) is 9.29 Å². The number of aromatic nitrogens is 1. The Morgan fingerprint density at radius 1 is 1.10 bits per heavy atom. The molecule has 1 amide bonds. The lowest BCUT2D eigenvalue weighted by atomic mass is 10.1. The normalized spacial score (nSPS) is 15.3. The molecule has 1 fully saturated rings. The van der Waals surface area contributed by atoms with Gasteiger partial charge in [0.25, 0.3) is 5.91 Å². The predicted molar refractivity (Wildman–Crippen MR) is 110 cm³/mol. The van der Waals surface area contributed by atoms with Crippen LogP contribution >= 0.6 is 0 Å². The average Bonchev–Trinajstić information content (AvgIpc) is 2.75. The Morgan fingerprint density at radius 3 is 2.69 bits per heavy atom. The minimum atomic E-state index is -3.69. The monoisotopic (exact) mass is 411 g/mol. The molecule has 1 aliphatic heterocycles. The number of aryl methyl sites for hydroxylation is 1. The highest BCUT2D eigenvalue weighted by molar-refractivity contribution is 7.89. The maximum absolute atomic E-state index is 13.0. The second kappa shape index (κ2) is 7.90. The van der Waals surface area contributed by atoms with Gasteiger partial charge >= 0.3 is 0 Å². The standard InChI is InChI=1S/C21H21N3O4S/c1-15-7-8-16(14-20(15)29(26,27)24-10-12-28-13-11-24)21(25)23-19-6-2-5-18-17(19)4-3-9-22-18/h2-9,14H,10-13H2,1H3,(H,23,25). The van der Waals surface area contributed by atoms with E-state index in [0.717, 1.165) is 10.9 Å².